The zero-order chi connectivity index (χ0) is 11.6. The minimum absolute atomic E-state index is 0.308. The standard InChI is InChI=1S/C13H22N2S/c1-4-13(3)10-15(6-5-14-13)7-12-9-16-8-11(12)2/h8-9,14H,4-7,10H2,1-3H3. The summed E-state index contributed by atoms with van der Waals surface area (Å²) in [6.45, 7) is 11.4. The van der Waals surface area contributed by atoms with Crippen LogP contribution in [-0.4, -0.2) is 30.1 Å². The summed E-state index contributed by atoms with van der Waals surface area (Å²) in [5.74, 6) is 0. The fourth-order valence-electron chi connectivity index (χ4n) is 2.31. The van der Waals surface area contributed by atoms with Gasteiger partial charge in [-0.1, -0.05) is 6.92 Å². The van der Waals surface area contributed by atoms with Gasteiger partial charge in [0.15, 0.2) is 0 Å². The SMILES string of the molecule is CCC1(C)CN(Cc2cscc2C)CCN1. The van der Waals surface area contributed by atoms with Gasteiger partial charge in [-0.2, -0.15) is 11.3 Å². The minimum Gasteiger partial charge on any atom is -0.309 e. The van der Waals surface area contributed by atoms with Crippen LogP contribution >= 0.6 is 11.3 Å². The van der Waals surface area contributed by atoms with Gasteiger partial charge in [-0.05, 0) is 42.2 Å². The van der Waals surface area contributed by atoms with Crippen molar-refractivity contribution < 1.29 is 0 Å². The molecule has 2 rings (SSSR count). The van der Waals surface area contributed by atoms with E-state index in [1.165, 1.54) is 30.6 Å². The number of rotatable bonds is 3. The Morgan fingerprint density at radius 3 is 2.94 bits per heavy atom. The van der Waals surface area contributed by atoms with E-state index < -0.39 is 0 Å². The molecule has 0 amide bonds. The van der Waals surface area contributed by atoms with Gasteiger partial charge < -0.3 is 5.32 Å². The van der Waals surface area contributed by atoms with Crippen LogP contribution in [0, 0.1) is 6.92 Å². The van der Waals surface area contributed by atoms with Gasteiger partial charge in [0.25, 0.3) is 0 Å². The van der Waals surface area contributed by atoms with Crippen molar-refractivity contribution in [2.24, 2.45) is 0 Å². The second kappa shape index (κ2) is 4.86. The summed E-state index contributed by atoms with van der Waals surface area (Å²) in [7, 11) is 0. The summed E-state index contributed by atoms with van der Waals surface area (Å²) >= 11 is 1.82. The molecule has 2 heterocycles. The van der Waals surface area contributed by atoms with Crippen molar-refractivity contribution >= 4 is 11.3 Å². The van der Waals surface area contributed by atoms with E-state index in [-0.39, 0.29) is 0 Å². The zero-order valence-corrected chi connectivity index (χ0v) is 11.4. The average molecular weight is 238 g/mol. The average Bonchev–Trinajstić information content (AvgIpc) is 2.65. The molecule has 0 spiro atoms. The fourth-order valence-corrected chi connectivity index (χ4v) is 3.15. The van der Waals surface area contributed by atoms with E-state index >= 15 is 0 Å². The largest absolute Gasteiger partial charge is 0.309 e. The van der Waals surface area contributed by atoms with E-state index in [4.69, 9.17) is 0 Å². The van der Waals surface area contributed by atoms with E-state index in [0.717, 1.165) is 13.1 Å². The molecule has 1 aromatic heterocycles. The molecule has 0 radical (unpaired) electrons. The molecule has 90 valence electrons. The predicted molar refractivity (Wildman–Crippen MR) is 71.0 cm³/mol. The maximum Gasteiger partial charge on any atom is 0.0278 e. The van der Waals surface area contributed by atoms with Crippen molar-refractivity contribution in [3.05, 3.63) is 21.9 Å². The molecule has 1 aromatic rings. The normalized spacial score (nSPS) is 27.2. The Kier molecular flexibility index (Phi) is 3.67. The molecule has 1 N–H and O–H groups in total. The van der Waals surface area contributed by atoms with Crippen molar-refractivity contribution in [2.75, 3.05) is 19.6 Å². The molecule has 1 saturated heterocycles. The molecule has 1 atom stereocenters. The van der Waals surface area contributed by atoms with E-state index in [2.05, 4.69) is 41.7 Å². The first-order chi connectivity index (χ1) is 7.63. The Hall–Kier alpha value is -0.380. The Bertz CT molecular complexity index is 347. The van der Waals surface area contributed by atoms with Gasteiger partial charge in [0.05, 0.1) is 0 Å². The molecule has 1 aliphatic heterocycles. The van der Waals surface area contributed by atoms with Crippen LogP contribution in [0.25, 0.3) is 0 Å². The first-order valence-corrected chi connectivity index (χ1v) is 7.06. The van der Waals surface area contributed by atoms with Gasteiger partial charge in [0.1, 0.15) is 0 Å². The van der Waals surface area contributed by atoms with Crippen LogP contribution < -0.4 is 5.32 Å². The molecule has 16 heavy (non-hydrogen) atoms. The lowest BCUT2D eigenvalue weighted by atomic mass is 9.95. The van der Waals surface area contributed by atoms with E-state index in [1.807, 2.05) is 11.3 Å². The summed E-state index contributed by atoms with van der Waals surface area (Å²) in [6, 6.07) is 0. The van der Waals surface area contributed by atoms with Gasteiger partial charge in [0, 0.05) is 31.7 Å². The summed E-state index contributed by atoms with van der Waals surface area (Å²) < 4.78 is 0. The molecular formula is C13H22N2S. The third-order valence-corrected chi connectivity index (χ3v) is 4.60. The van der Waals surface area contributed by atoms with Gasteiger partial charge in [-0.15, -0.1) is 0 Å². The Morgan fingerprint density at radius 1 is 1.50 bits per heavy atom. The van der Waals surface area contributed by atoms with Crippen LogP contribution in [0.3, 0.4) is 0 Å². The molecular weight excluding hydrogens is 216 g/mol. The smallest absolute Gasteiger partial charge is 0.0278 e. The first kappa shape index (κ1) is 12.1. The molecule has 0 bridgehead atoms. The second-order valence-corrected chi connectivity index (χ2v) is 5.88. The van der Waals surface area contributed by atoms with Crippen LogP contribution in [0.1, 0.15) is 31.4 Å². The first-order valence-electron chi connectivity index (χ1n) is 6.12. The summed E-state index contributed by atoms with van der Waals surface area (Å²) in [6.07, 6.45) is 1.20. The lowest BCUT2D eigenvalue weighted by molar-refractivity contribution is 0.133. The number of hydrogen-bond donors (Lipinski definition) is 1. The van der Waals surface area contributed by atoms with E-state index in [9.17, 15) is 0 Å². The zero-order valence-electron chi connectivity index (χ0n) is 10.5. The number of aryl methyl sites for hydroxylation is 1. The molecule has 0 saturated carbocycles. The number of nitrogens with zero attached hydrogens (tertiary/aromatic N) is 1. The Balaban J connectivity index is 1.98. The monoisotopic (exact) mass is 238 g/mol. The Morgan fingerprint density at radius 2 is 2.31 bits per heavy atom. The highest BCUT2D eigenvalue weighted by atomic mass is 32.1. The highest BCUT2D eigenvalue weighted by Gasteiger charge is 2.28. The van der Waals surface area contributed by atoms with Gasteiger partial charge in [-0.25, -0.2) is 0 Å². The molecule has 3 heteroatoms. The number of thiophene rings is 1. The van der Waals surface area contributed by atoms with Crippen LogP contribution in [-0.2, 0) is 6.54 Å². The maximum atomic E-state index is 3.63. The van der Waals surface area contributed by atoms with Crippen molar-refractivity contribution in [3.8, 4) is 0 Å². The Labute approximate surface area is 103 Å². The highest BCUT2D eigenvalue weighted by molar-refractivity contribution is 7.08. The van der Waals surface area contributed by atoms with Crippen molar-refractivity contribution in [1.29, 1.82) is 0 Å². The van der Waals surface area contributed by atoms with Crippen molar-refractivity contribution in [1.82, 2.24) is 10.2 Å². The minimum atomic E-state index is 0.308. The molecule has 0 aliphatic carbocycles. The van der Waals surface area contributed by atoms with Crippen LogP contribution in [0.2, 0.25) is 0 Å². The van der Waals surface area contributed by atoms with Crippen molar-refractivity contribution in [3.63, 3.8) is 0 Å². The molecule has 0 aromatic carbocycles. The summed E-state index contributed by atoms with van der Waals surface area (Å²) in [4.78, 5) is 2.58. The van der Waals surface area contributed by atoms with Crippen LogP contribution in [0.15, 0.2) is 10.8 Å². The van der Waals surface area contributed by atoms with E-state index in [0.29, 0.717) is 5.54 Å². The topological polar surface area (TPSA) is 15.3 Å². The van der Waals surface area contributed by atoms with Crippen molar-refractivity contribution in [2.45, 2.75) is 39.3 Å². The molecule has 1 aliphatic rings. The molecule has 1 unspecified atom stereocenters. The highest BCUT2D eigenvalue weighted by Crippen LogP contribution is 2.20. The third kappa shape index (κ3) is 2.65. The molecule has 1 fully saturated rings. The summed E-state index contributed by atoms with van der Waals surface area (Å²) in [5, 5.41) is 8.17. The lowest BCUT2D eigenvalue weighted by Crippen LogP contribution is -2.58. The fraction of sp³-hybridized carbons (Fsp3) is 0.692. The number of nitrogens with one attached hydrogen (secondary N) is 1. The van der Waals surface area contributed by atoms with E-state index in [1.54, 1.807) is 0 Å². The lowest BCUT2D eigenvalue weighted by Gasteiger charge is -2.41. The predicted octanol–water partition coefficient (Wildman–Crippen LogP) is 2.63. The summed E-state index contributed by atoms with van der Waals surface area (Å²) in [5.41, 5.74) is 3.26. The van der Waals surface area contributed by atoms with Crippen LogP contribution in [0.5, 0.6) is 0 Å². The van der Waals surface area contributed by atoms with Gasteiger partial charge in [-0.3, -0.25) is 4.90 Å². The molecule has 2 nitrogen and oxygen atoms in total. The van der Waals surface area contributed by atoms with Gasteiger partial charge >= 0.3 is 0 Å². The quantitative estimate of drug-likeness (QED) is 0.871. The van der Waals surface area contributed by atoms with Crippen LogP contribution in [0.4, 0.5) is 0 Å². The second-order valence-electron chi connectivity index (χ2n) is 5.13. The number of hydrogen-bond acceptors (Lipinski definition) is 3. The van der Waals surface area contributed by atoms with Gasteiger partial charge in [0.2, 0.25) is 0 Å². The third-order valence-electron chi connectivity index (χ3n) is 3.69. The maximum absolute atomic E-state index is 3.63. The number of piperazine rings is 1.